The van der Waals surface area contributed by atoms with Crippen LogP contribution in [0.5, 0.6) is 5.75 Å². The third-order valence-electron chi connectivity index (χ3n) is 5.79. The van der Waals surface area contributed by atoms with Crippen LogP contribution < -0.4 is 20.3 Å². The van der Waals surface area contributed by atoms with Crippen molar-refractivity contribution in [3.8, 4) is 5.75 Å². The summed E-state index contributed by atoms with van der Waals surface area (Å²) in [6, 6.07) is 4.36. The van der Waals surface area contributed by atoms with Gasteiger partial charge in [0.2, 0.25) is 5.91 Å². The normalized spacial score (nSPS) is 20.0. The summed E-state index contributed by atoms with van der Waals surface area (Å²) < 4.78 is 5.90. The highest BCUT2D eigenvalue weighted by Gasteiger charge is 2.35. The maximum Gasteiger partial charge on any atom is 0.305 e. The molecule has 2 aliphatic rings. The van der Waals surface area contributed by atoms with E-state index >= 15 is 0 Å². The van der Waals surface area contributed by atoms with Crippen LogP contribution >= 0.6 is 0 Å². The zero-order valence-electron chi connectivity index (χ0n) is 17.6. The average molecular weight is 418 g/mol. The molecule has 1 aromatic rings. The molecule has 0 aromatic heterocycles. The van der Waals surface area contributed by atoms with E-state index in [0.717, 1.165) is 32.4 Å². The molecule has 8 heteroatoms. The number of aliphatic carboxylic acids is 1. The Morgan fingerprint density at radius 1 is 1.27 bits per heavy atom. The lowest BCUT2D eigenvalue weighted by atomic mass is 9.95. The smallest absolute Gasteiger partial charge is 0.305 e. The fourth-order valence-corrected chi connectivity index (χ4v) is 3.99. The Morgan fingerprint density at radius 3 is 2.67 bits per heavy atom. The largest absolute Gasteiger partial charge is 0.494 e. The number of carbonyl (C=O) groups excluding carboxylic acids is 2. The van der Waals surface area contributed by atoms with E-state index in [1.807, 2.05) is 13.8 Å². The molecular weight excluding hydrogens is 386 g/mol. The summed E-state index contributed by atoms with van der Waals surface area (Å²) in [5, 5.41) is 15.2. The van der Waals surface area contributed by atoms with E-state index in [1.165, 1.54) is 4.90 Å². The number of hydrogen-bond acceptors (Lipinski definition) is 5. The van der Waals surface area contributed by atoms with Crippen molar-refractivity contribution in [2.45, 2.75) is 45.6 Å². The second-order valence-corrected chi connectivity index (χ2v) is 8.34. The van der Waals surface area contributed by atoms with E-state index in [9.17, 15) is 14.4 Å². The van der Waals surface area contributed by atoms with Crippen molar-refractivity contribution in [3.05, 3.63) is 23.8 Å². The number of fused-ring (bicyclic) bond motifs is 1. The minimum atomic E-state index is -0.994. The van der Waals surface area contributed by atoms with Gasteiger partial charge in [-0.05, 0) is 62.4 Å². The van der Waals surface area contributed by atoms with Gasteiger partial charge in [-0.15, -0.1) is 0 Å². The third-order valence-corrected chi connectivity index (χ3v) is 5.79. The Bertz CT molecular complexity index is 789. The molecule has 2 heterocycles. The minimum Gasteiger partial charge on any atom is -0.494 e. The minimum absolute atomic E-state index is 0.00919. The number of carbonyl (C=O) groups is 3. The van der Waals surface area contributed by atoms with Crippen LogP contribution in [0, 0.1) is 11.8 Å². The monoisotopic (exact) mass is 417 g/mol. The molecular formula is C22H31N3O5. The fourth-order valence-electron chi connectivity index (χ4n) is 3.99. The molecule has 1 aromatic carbocycles. The van der Waals surface area contributed by atoms with Crippen molar-refractivity contribution in [2.24, 2.45) is 11.8 Å². The van der Waals surface area contributed by atoms with Crippen LogP contribution in [0.2, 0.25) is 0 Å². The quantitative estimate of drug-likeness (QED) is 0.597. The van der Waals surface area contributed by atoms with Gasteiger partial charge in [0.1, 0.15) is 11.8 Å². The first-order chi connectivity index (χ1) is 14.4. The zero-order valence-corrected chi connectivity index (χ0v) is 17.6. The van der Waals surface area contributed by atoms with Crippen LogP contribution in [-0.2, 0) is 9.59 Å². The maximum absolute atomic E-state index is 13.0. The Kier molecular flexibility index (Phi) is 7.31. The molecule has 1 atom stereocenters. The van der Waals surface area contributed by atoms with Gasteiger partial charge in [-0.2, -0.15) is 0 Å². The number of piperidine rings is 1. The molecule has 164 valence electrons. The highest BCUT2D eigenvalue weighted by atomic mass is 16.5. The SMILES string of the molecule is CC(C)C1NC(=O)c2cc(OCCC3CCNCC3)ccc2N(CCC(=O)O)C1=O. The van der Waals surface area contributed by atoms with Gasteiger partial charge in [-0.25, -0.2) is 0 Å². The van der Waals surface area contributed by atoms with Crippen molar-refractivity contribution in [1.82, 2.24) is 10.6 Å². The van der Waals surface area contributed by atoms with Crippen LogP contribution in [0.4, 0.5) is 5.69 Å². The van der Waals surface area contributed by atoms with Gasteiger partial charge >= 0.3 is 5.97 Å². The molecule has 3 N–H and O–H groups in total. The Labute approximate surface area is 177 Å². The molecule has 0 bridgehead atoms. The van der Waals surface area contributed by atoms with E-state index in [0.29, 0.717) is 29.5 Å². The number of hydrogen-bond donors (Lipinski definition) is 3. The molecule has 1 fully saturated rings. The van der Waals surface area contributed by atoms with E-state index in [4.69, 9.17) is 9.84 Å². The van der Waals surface area contributed by atoms with E-state index in [-0.39, 0.29) is 30.7 Å². The number of carboxylic acids is 1. The Morgan fingerprint density at radius 2 is 2.00 bits per heavy atom. The first-order valence-electron chi connectivity index (χ1n) is 10.7. The molecule has 0 saturated carbocycles. The van der Waals surface area contributed by atoms with Gasteiger partial charge in [0, 0.05) is 6.54 Å². The fraction of sp³-hybridized carbons (Fsp3) is 0.591. The lowest BCUT2D eigenvalue weighted by Gasteiger charge is -2.26. The summed E-state index contributed by atoms with van der Waals surface area (Å²) in [6.07, 6.45) is 3.06. The van der Waals surface area contributed by atoms with Crippen LogP contribution in [0.15, 0.2) is 18.2 Å². The predicted octanol–water partition coefficient (Wildman–Crippen LogP) is 2.03. The van der Waals surface area contributed by atoms with E-state index in [2.05, 4.69) is 10.6 Å². The van der Waals surface area contributed by atoms with Gasteiger partial charge in [0.05, 0.1) is 24.3 Å². The highest BCUT2D eigenvalue weighted by molar-refractivity contribution is 6.11. The zero-order chi connectivity index (χ0) is 21.7. The molecule has 3 rings (SSSR count). The second-order valence-electron chi connectivity index (χ2n) is 8.34. The van der Waals surface area contributed by atoms with Crippen molar-refractivity contribution < 1.29 is 24.2 Å². The summed E-state index contributed by atoms with van der Waals surface area (Å²) in [5.74, 6) is -0.537. The van der Waals surface area contributed by atoms with Crippen LogP contribution in [0.25, 0.3) is 0 Å². The first kappa shape index (κ1) is 22.1. The third kappa shape index (κ3) is 5.30. The van der Waals surface area contributed by atoms with Gasteiger partial charge < -0.3 is 25.4 Å². The number of anilines is 1. The van der Waals surface area contributed by atoms with Gasteiger partial charge in [0.15, 0.2) is 0 Å². The number of rotatable bonds is 8. The van der Waals surface area contributed by atoms with Crippen molar-refractivity contribution in [2.75, 3.05) is 31.1 Å². The lowest BCUT2D eigenvalue weighted by Crippen LogP contribution is -2.49. The van der Waals surface area contributed by atoms with Gasteiger partial charge in [-0.1, -0.05) is 13.8 Å². The topological polar surface area (TPSA) is 108 Å². The lowest BCUT2D eigenvalue weighted by molar-refractivity contribution is -0.136. The standard InChI is InChI=1S/C22H31N3O5/c1-14(2)20-22(29)25(11-7-19(26)27)18-4-3-16(13-17(18)21(28)24-20)30-12-8-15-5-9-23-10-6-15/h3-4,13-15,20,23H,5-12H2,1-2H3,(H,24,28)(H,26,27). The van der Waals surface area contributed by atoms with Crippen molar-refractivity contribution >= 4 is 23.5 Å². The summed E-state index contributed by atoms with van der Waals surface area (Å²) in [7, 11) is 0. The summed E-state index contributed by atoms with van der Waals surface area (Å²) in [6.45, 7) is 6.37. The molecule has 2 amide bonds. The maximum atomic E-state index is 13.0. The van der Waals surface area contributed by atoms with Gasteiger partial charge in [0.25, 0.3) is 5.91 Å². The molecule has 0 spiro atoms. The first-order valence-corrected chi connectivity index (χ1v) is 10.7. The number of amides is 2. The number of carboxylic acid groups (broad SMARTS) is 1. The molecule has 30 heavy (non-hydrogen) atoms. The van der Waals surface area contributed by atoms with Crippen molar-refractivity contribution in [1.29, 1.82) is 0 Å². The summed E-state index contributed by atoms with van der Waals surface area (Å²) in [4.78, 5) is 38.4. The number of nitrogens with one attached hydrogen (secondary N) is 2. The molecule has 1 saturated heterocycles. The summed E-state index contributed by atoms with van der Waals surface area (Å²) >= 11 is 0. The van der Waals surface area contributed by atoms with Crippen molar-refractivity contribution in [3.63, 3.8) is 0 Å². The molecule has 0 aliphatic carbocycles. The van der Waals surface area contributed by atoms with E-state index in [1.54, 1.807) is 18.2 Å². The molecule has 8 nitrogen and oxygen atoms in total. The predicted molar refractivity (Wildman–Crippen MR) is 113 cm³/mol. The number of nitrogens with zero attached hydrogens (tertiary/aromatic N) is 1. The number of ether oxygens (including phenoxy) is 1. The molecule has 1 unspecified atom stereocenters. The Hall–Kier alpha value is -2.61. The molecule has 0 radical (unpaired) electrons. The Balaban J connectivity index is 1.78. The van der Waals surface area contributed by atoms with E-state index < -0.39 is 12.0 Å². The average Bonchev–Trinajstić information content (AvgIpc) is 2.82. The van der Waals surface area contributed by atoms with Crippen LogP contribution in [-0.4, -0.2) is 55.2 Å². The van der Waals surface area contributed by atoms with Crippen LogP contribution in [0.3, 0.4) is 0 Å². The molecule has 2 aliphatic heterocycles. The highest BCUT2D eigenvalue weighted by Crippen LogP contribution is 2.30. The van der Waals surface area contributed by atoms with Crippen LogP contribution in [0.1, 0.15) is 49.9 Å². The second kappa shape index (κ2) is 9.93. The van der Waals surface area contributed by atoms with Gasteiger partial charge in [-0.3, -0.25) is 14.4 Å². The number of benzene rings is 1. The summed E-state index contributed by atoms with van der Waals surface area (Å²) in [5.41, 5.74) is 0.754.